The van der Waals surface area contributed by atoms with E-state index in [4.69, 9.17) is 10.6 Å². The van der Waals surface area contributed by atoms with Crippen LogP contribution in [0.2, 0.25) is 0 Å². The normalized spacial score (nSPS) is 12.1. The third kappa shape index (κ3) is 4.71. The first kappa shape index (κ1) is 15.8. The number of hydrogen-bond acceptors (Lipinski definition) is 8. The summed E-state index contributed by atoms with van der Waals surface area (Å²) in [6.45, 7) is 4.71. The summed E-state index contributed by atoms with van der Waals surface area (Å²) in [4.78, 5) is 14.6. The second-order valence-electron chi connectivity index (χ2n) is 4.15. The molecule has 0 radical (unpaired) electrons. The van der Waals surface area contributed by atoms with Crippen LogP contribution >= 0.6 is 11.8 Å². The third-order valence-corrected chi connectivity index (χ3v) is 3.37. The van der Waals surface area contributed by atoms with Gasteiger partial charge in [-0.05, 0) is 19.6 Å². The van der Waals surface area contributed by atoms with Gasteiger partial charge in [-0.15, -0.1) is 0 Å². The first-order chi connectivity index (χ1) is 9.12. The highest BCUT2D eigenvalue weighted by atomic mass is 32.2. The highest BCUT2D eigenvalue weighted by molar-refractivity contribution is 7.98. The number of nitrogens with two attached hydrogens (primary N) is 1. The maximum Gasteiger partial charge on any atom is 0.323 e. The number of anilines is 2. The summed E-state index contributed by atoms with van der Waals surface area (Å²) < 4.78 is 5.44. The van der Waals surface area contributed by atoms with Crippen molar-refractivity contribution in [3.8, 4) is 6.01 Å². The minimum Gasteiger partial charge on any atom is -0.463 e. The monoisotopic (exact) mass is 286 g/mol. The quantitative estimate of drug-likeness (QED) is 0.543. The van der Waals surface area contributed by atoms with Crippen molar-refractivity contribution in [2.45, 2.75) is 26.3 Å². The maximum absolute atomic E-state index is 5.44. The molecule has 3 N–H and O–H groups in total. The van der Waals surface area contributed by atoms with Gasteiger partial charge < -0.3 is 9.64 Å². The smallest absolute Gasteiger partial charge is 0.323 e. The average molecular weight is 286 g/mol. The Bertz CT molecular complexity index is 391. The zero-order valence-electron chi connectivity index (χ0n) is 11.9. The number of rotatable bonds is 8. The zero-order chi connectivity index (χ0) is 14.3. The van der Waals surface area contributed by atoms with Gasteiger partial charge in [0.25, 0.3) is 0 Å². The summed E-state index contributed by atoms with van der Waals surface area (Å²) in [5, 5.41) is 0. The number of hydrogen-bond donors (Lipinski definition) is 2. The summed E-state index contributed by atoms with van der Waals surface area (Å²) in [6, 6.07) is 0.602. The molecule has 0 bridgehead atoms. The lowest BCUT2D eigenvalue weighted by Gasteiger charge is -2.24. The molecule has 0 aliphatic carbocycles. The van der Waals surface area contributed by atoms with Crippen molar-refractivity contribution < 1.29 is 4.74 Å². The van der Waals surface area contributed by atoms with Crippen LogP contribution in [0.25, 0.3) is 0 Å². The Balaban J connectivity index is 2.91. The number of thioether (sulfide) groups is 1. The summed E-state index contributed by atoms with van der Waals surface area (Å²) in [6.07, 6.45) is 2.96. The van der Waals surface area contributed by atoms with Crippen LogP contribution in [0.3, 0.4) is 0 Å². The topological polar surface area (TPSA) is 89.2 Å². The summed E-state index contributed by atoms with van der Waals surface area (Å²) in [5.74, 6) is 7.21. The van der Waals surface area contributed by atoms with E-state index < -0.39 is 0 Å². The first-order valence-corrected chi connectivity index (χ1v) is 7.59. The van der Waals surface area contributed by atoms with Crippen LogP contribution < -0.4 is 20.9 Å². The molecule has 1 rings (SSSR count). The van der Waals surface area contributed by atoms with E-state index in [1.807, 2.05) is 18.9 Å². The Hall–Kier alpha value is -1.28. The molecule has 108 valence electrons. The Labute approximate surface area is 118 Å². The van der Waals surface area contributed by atoms with E-state index in [1.165, 1.54) is 0 Å². The standard InChI is InChI=1S/C11H22N6OS/c1-5-6-18-11-14-9(16-12)13-10(15-11)17(3)8(2)7-19-4/h8H,5-7,12H2,1-4H3,(H,13,14,15,16). The van der Waals surface area contributed by atoms with Crippen molar-refractivity contribution in [3.63, 3.8) is 0 Å². The number of hydrazine groups is 1. The summed E-state index contributed by atoms with van der Waals surface area (Å²) >= 11 is 1.78. The summed E-state index contributed by atoms with van der Waals surface area (Å²) in [7, 11) is 1.94. The lowest BCUT2D eigenvalue weighted by Crippen LogP contribution is -2.33. The van der Waals surface area contributed by atoms with E-state index in [0.29, 0.717) is 30.6 Å². The van der Waals surface area contributed by atoms with Gasteiger partial charge in [0.15, 0.2) is 0 Å². The fourth-order valence-corrected chi connectivity index (χ4v) is 2.08. The van der Waals surface area contributed by atoms with Gasteiger partial charge in [0.2, 0.25) is 11.9 Å². The van der Waals surface area contributed by atoms with Gasteiger partial charge >= 0.3 is 6.01 Å². The third-order valence-electron chi connectivity index (χ3n) is 2.55. The maximum atomic E-state index is 5.44. The van der Waals surface area contributed by atoms with Crippen molar-refractivity contribution in [3.05, 3.63) is 0 Å². The molecule has 0 spiro atoms. The van der Waals surface area contributed by atoms with Gasteiger partial charge in [-0.2, -0.15) is 26.7 Å². The molecule has 1 atom stereocenters. The largest absolute Gasteiger partial charge is 0.463 e. The van der Waals surface area contributed by atoms with Crippen molar-refractivity contribution in [2.75, 3.05) is 36.0 Å². The van der Waals surface area contributed by atoms with Gasteiger partial charge in [-0.25, -0.2) is 5.84 Å². The molecule has 19 heavy (non-hydrogen) atoms. The SMILES string of the molecule is CCCOc1nc(NN)nc(N(C)C(C)CSC)n1. The minimum absolute atomic E-state index is 0.294. The summed E-state index contributed by atoms with van der Waals surface area (Å²) in [5.41, 5.74) is 2.44. The molecule has 1 aromatic heterocycles. The van der Waals surface area contributed by atoms with Gasteiger partial charge in [0, 0.05) is 18.8 Å². The second kappa shape index (κ2) is 8.00. The molecule has 0 saturated carbocycles. The lowest BCUT2D eigenvalue weighted by atomic mass is 10.3. The van der Waals surface area contributed by atoms with Crippen LogP contribution in [0.4, 0.5) is 11.9 Å². The first-order valence-electron chi connectivity index (χ1n) is 6.19. The molecule has 0 aliphatic heterocycles. The highest BCUT2D eigenvalue weighted by Gasteiger charge is 2.15. The van der Waals surface area contributed by atoms with E-state index in [1.54, 1.807) is 11.8 Å². The number of nitrogen functional groups attached to an aromatic ring is 1. The van der Waals surface area contributed by atoms with Crippen LogP contribution in [-0.2, 0) is 0 Å². The molecule has 1 aromatic rings. The van der Waals surface area contributed by atoms with E-state index >= 15 is 0 Å². The number of aromatic nitrogens is 3. The Morgan fingerprint density at radius 3 is 2.74 bits per heavy atom. The minimum atomic E-state index is 0.294. The van der Waals surface area contributed by atoms with Crippen molar-refractivity contribution >= 4 is 23.7 Å². The van der Waals surface area contributed by atoms with Gasteiger partial charge in [0.1, 0.15) is 0 Å². The Morgan fingerprint density at radius 1 is 1.42 bits per heavy atom. The fourth-order valence-electron chi connectivity index (χ4n) is 1.38. The lowest BCUT2D eigenvalue weighted by molar-refractivity contribution is 0.292. The zero-order valence-corrected chi connectivity index (χ0v) is 12.7. The van der Waals surface area contributed by atoms with Gasteiger partial charge in [-0.3, -0.25) is 5.43 Å². The number of nitrogens with one attached hydrogen (secondary N) is 1. The Morgan fingerprint density at radius 2 is 2.16 bits per heavy atom. The molecule has 1 heterocycles. The van der Waals surface area contributed by atoms with Crippen molar-refractivity contribution in [1.29, 1.82) is 0 Å². The molecule has 0 aromatic carbocycles. The van der Waals surface area contributed by atoms with E-state index in [-0.39, 0.29) is 0 Å². The molecule has 0 fully saturated rings. The van der Waals surface area contributed by atoms with E-state index in [2.05, 4.69) is 33.6 Å². The van der Waals surface area contributed by atoms with E-state index in [0.717, 1.165) is 12.2 Å². The molecule has 0 aliphatic rings. The van der Waals surface area contributed by atoms with Crippen molar-refractivity contribution in [2.24, 2.45) is 5.84 Å². The molecular weight excluding hydrogens is 264 g/mol. The fraction of sp³-hybridized carbons (Fsp3) is 0.727. The molecule has 0 amide bonds. The predicted molar refractivity (Wildman–Crippen MR) is 79.7 cm³/mol. The molecule has 1 unspecified atom stereocenters. The molecule has 7 nitrogen and oxygen atoms in total. The molecule has 8 heteroatoms. The molecular formula is C11H22N6OS. The van der Waals surface area contributed by atoms with Crippen LogP contribution in [0.5, 0.6) is 6.01 Å². The number of nitrogens with zero attached hydrogens (tertiary/aromatic N) is 4. The van der Waals surface area contributed by atoms with Gasteiger partial charge in [-0.1, -0.05) is 6.92 Å². The number of ether oxygens (including phenoxy) is 1. The van der Waals surface area contributed by atoms with Crippen LogP contribution in [0.15, 0.2) is 0 Å². The van der Waals surface area contributed by atoms with Gasteiger partial charge in [0.05, 0.1) is 6.61 Å². The molecule has 0 saturated heterocycles. The second-order valence-corrected chi connectivity index (χ2v) is 5.06. The Kier molecular flexibility index (Phi) is 6.65. The van der Waals surface area contributed by atoms with E-state index in [9.17, 15) is 0 Å². The highest BCUT2D eigenvalue weighted by Crippen LogP contribution is 2.16. The van der Waals surface area contributed by atoms with Crippen LogP contribution in [-0.4, -0.2) is 46.7 Å². The van der Waals surface area contributed by atoms with Crippen LogP contribution in [0.1, 0.15) is 20.3 Å². The average Bonchev–Trinajstić information content (AvgIpc) is 2.44. The van der Waals surface area contributed by atoms with Crippen molar-refractivity contribution in [1.82, 2.24) is 15.0 Å². The van der Waals surface area contributed by atoms with Crippen LogP contribution in [0, 0.1) is 0 Å². The predicted octanol–water partition coefficient (Wildman–Crippen LogP) is 1.13.